The number of hydrogen-bond acceptors (Lipinski definition) is 5. The summed E-state index contributed by atoms with van der Waals surface area (Å²) in [6.45, 7) is 0.316. The third-order valence-electron chi connectivity index (χ3n) is 6.56. The molecule has 1 fully saturated rings. The first-order valence-corrected chi connectivity index (χ1v) is 12.8. The number of para-hydroxylation sites is 1. The average Bonchev–Trinajstić information content (AvgIpc) is 3.57. The molecule has 0 radical (unpaired) electrons. The number of ether oxygens (including phenoxy) is 1. The molecular formula is C29H26FN5O3S. The molecule has 39 heavy (non-hydrogen) atoms. The van der Waals surface area contributed by atoms with E-state index < -0.39 is 5.97 Å². The third-order valence-corrected chi connectivity index (χ3v) is 6.91. The number of halogens is 1. The van der Waals surface area contributed by atoms with Crippen LogP contribution in [-0.4, -0.2) is 45.1 Å². The van der Waals surface area contributed by atoms with Gasteiger partial charge in [0.1, 0.15) is 5.82 Å². The molecule has 198 valence electrons. The zero-order chi connectivity index (χ0) is 27.4. The van der Waals surface area contributed by atoms with Crippen molar-refractivity contribution in [2.24, 2.45) is 0 Å². The second-order valence-corrected chi connectivity index (χ2v) is 9.32. The Morgan fingerprint density at radius 1 is 1.05 bits per heavy atom. The van der Waals surface area contributed by atoms with Crippen LogP contribution in [0.2, 0.25) is 0 Å². The Labute approximate surface area is 230 Å². The Balaban J connectivity index is 1.48. The highest BCUT2D eigenvalue weighted by atomic mass is 32.1. The van der Waals surface area contributed by atoms with Gasteiger partial charge in [-0.05, 0) is 72.9 Å². The van der Waals surface area contributed by atoms with E-state index in [2.05, 4.69) is 15.6 Å². The van der Waals surface area contributed by atoms with Crippen molar-refractivity contribution >= 4 is 34.9 Å². The first-order chi connectivity index (χ1) is 19.0. The summed E-state index contributed by atoms with van der Waals surface area (Å²) in [6, 6.07) is 21.7. The van der Waals surface area contributed by atoms with Crippen LogP contribution in [0.5, 0.6) is 0 Å². The molecule has 4 aromatic rings. The van der Waals surface area contributed by atoms with Crippen molar-refractivity contribution in [3.05, 3.63) is 114 Å². The molecule has 2 aromatic heterocycles. The van der Waals surface area contributed by atoms with Gasteiger partial charge in [0.15, 0.2) is 5.11 Å². The zero-order valence-electron chi connectivity index (χ0n) is 21.1. The minimum absolute atomic E-state index is 0.143. The van der Waals surface area contributed by atoms with Gasteiger partial charge in [-0.15, -0.1) is 0 Å². The molecule has 3 heterocycles. The first-order valence-electron chi connectivity index (χ1n) is 12.3. The maximum absolute atomic E-state index is 13.2. The Hall–Kier alpha value is -4.57. The van der Waals surface area contributed by atoms with Crippen LogP contribution >= 0.6 is 12.2 Å². The molecule has 10 heteroatoms. The summed E-state index contributed by atoms with van der Waals surface area (Å²) in [5.41, 5.74) is 3.24. The van der Waals surface area contributed by atoms with Gasteiger partial charge in [-0.1, -0.05) is 18.2 Å². The highest BCUT2D eigenvalue weighted by Gasteiger charge is 2.41. The molecule has 0 unspecified atom stereocenters. The topological polar surface area (TPSA) is 88.5 Å². The van der Waals surface area contributed by atoms with Crippen LogP contribution in [0.15, 0.2) is 91.3 Å². The lowest BCUT2D eigenvalue weighted by molar-refractivity contribution is -0.116. The molecular weight excluding hydrogens is 517 g/mol. The second-order valence-electron chi connectivity index (χ2n) is 8.94. The molecule has 2 N–H and O–H groups in total. The molecule has 0 aliphatic carbocycles. The molecule has 1 aliphatic heterocycles. The molecule has 2 atom stereocenters. The monoisotopic (exact) mass is 543 g/mol. The van der Waals surface area contributed by atoms with E-state index in [1.165, 1.54) is 31.4 Å². The van der Waals surface area contributed by atoms with Gasteiger partial charge < -0.3 is 24.8 Å². The lowest BCUT2D eigenvalue weighted by atomic mass is 10.0. The van der Waals surface area contributed by atoms with Crippen molar-refractivity contribution in [3.8, 4) is 5.69 Å². The molecule has 1 aliphatic rings. The Kier molecular flexibility index (Phi) is 7.64. The Bertz CT molecular complexity index is 1490. The third kappa shape index (κ3) is 5.51. The van der Waals surface area contributed by atoms with Crippen molar-refractivity contribution in [1.82, 2.24) is 19.8 Å². The Morgan fingerprint density at radius 2 is 1.82 bits per heavy atom. The lowest BCUT2D eigenvalue weighted by Gasteiger charge is -2.29. The number of nitrogens with zero attached hydrogens (tertiary/aromatic N) is 3. The van der Waals surface area contributed by atoms with Gasteiger partial charge in [-0.3, -0.25) is 9.78 Å². The fourth-order valence-corrected chi connectivity index (χ4v) is 5.10. The number of nitrogens with one attached hydrogen (secondary N) is 2. The van der Waals surface area contributed by atoms with E-state index in [-0.39, 0.29) is 30.2 Å². The summed E-state index contributed by atoms with van der Waals surface area (Å²) in [6.07, 6.45) is 3.75. The molecule has 0 spiro atoms. The number of hydrogen-bond donors (Lipinski definition) is 2. The summed E-state index contributed by atoms with van der Waals surface area (Å²) in [7, 11) is 1.35. The normalized spacial score (nSPS) is 16.6. The number of amides is 1. The molecule has 1 amide bonds. The number of methoxy groups -OCH3 is 1. The molecule has 1 saturated heterocycles. The van der Waals surface area contributed by atoms with Gasteiger partial charge in [-0.25, -0.2) is 9.18 Å². The Morgan fingerprint density at radius 3 is 2.56 bits per heavy atom. The summed E-state index contributed by atoms with van der Waals surface area (Å²) in [4.78, 5) is 31.9. The summed E-state index contributed by atoms with van der Waals surface area (Å²) >= 11 is 5.74. The number of carbonyl (C=O) groups is 2. The smallest absolute Gasteiger partial charge is 0.339 e. The number of anilines is 1. The van der Waals surface area contributed by atoms with Crippen LogP contribution < -0.4 is 10.6 Å². The van der Waals surface area contributed by atoms with Crippen LogP contribution in [0, 0.1) is 5.82 Å². The lowest BCUT2D eigenvalue weighted by Crippen LogP contribution is -2.33. The van der Waals surface area contributed by atoms with E-state index in [1.807, 2.05) is 58.1 Å². The van der Waals surface area contributed by atoms with E-state index >= 15 is 0 Å². The summed E-state index contributed by atoms with van der Waals surface area (Å²) < 4.78 is 20.2. The van der Waals surface area contributed by atoms with E-state index in [0.717, 1.165) is 11.4 Å². The quantitative estimate of drug-likeness (QED) is 0.244. The number of thiocarbonyl (C=S) groups is 1. The maximum atomic E-state index is 13.2. The van der Waals surface area contributed by atoms with Gasteiger partial charge >= 0.3 is 5.97 Å². The highest BCUT2D eigenvalue weighted by Crippen LogP contribution is 2.40. The van der Waals surface area contributed by atoms with Crippen molar-refractivity contribution in [3.63, 3.8) is 0 Å². The average molecular weight is 544 g/mol. The van der Waals surface area contributed by atoms with Crippen molar-refractivity contribution in [1.29, 1.82) is 0 Å². The van der Waals surface area contributed by atoms with E-state index in [9.17, 15) is 14.0 Å². The van der Waals surface area contributed by atoms with Gasteiger partial charge in [0.05, 0.1) is 36.1 Å². The van der Waals surface area contributed by atoms with Gasteiger partial charge in [0, 0.05) is 36.7 Å². The van der Waals surface area contributed by atoms with Crippen molar-refractivity contribution in [2.75, 3.05) is 19.0 Å². The van der Waals surface area contributed by atoms with Crippen LogP contribution in [0.3, 0.4) is 0 Å². The van der Waals surface area contributed by atoms with Crippen molar-refractivity contribution < 1.29 is 18.7 Å². The molecule has 0 bridgehead atoms. The molecule has 5 rings (SSSR count). The van der Waals surface area contributed by atoms with Crippen LogP contribution in [0.25, 0.3) is 5.69 Å². The molecule has 2 aromatic carbocycles. The largest absolute Gasteiger partial charge is 0.465 e. The highest BCUT2D eigenvalue weighted by molar-refractivity contribution is 7.80. The predicted molar refractivity (Wildman–Crippen MR) is 149 cm³/mol. The number of rotatable bonds is 8. The van der Waals surface area contributed by atoms with E-state index in [1.54, 1.807) is 18.3 Å². The molecule has 0 saturated carbocycles. The number of benzene rings is 2. The predicted octanol–water partition coefficient (Wildman–Crippen LogP) is 4.80. The van der Waals surface area contributed by atoms with Crippen molar-refractivity contribution in [2.45, 2.75) is 18.5 Å². The second kappa shape index (κ2) is 11.4. The van der Waals surface area contributed by atoms with Gasteiger partial charge in [0.25, 0.3) is 0 Å². The summed E-state index contributed by atoms with van der Waals surface area (Å²) in [5, 5.41) is 6.67. The fourth-order valence-electron chi connectivity index (χ4n) is 4.77. The maximum Gasteiger partial charge on any atom is 0.339 e. The minimum Gasteiger partial charge on any atom is -0.465 e. The van der Waals surface area contributed by atoms with Gasteiger partial charge in [-0.2, -0.15) is 0 Å². The number of esters is 1. The van der Waals surface area contributed by atoms with Crippen LogP contribution in [0.1, 0.15) is 40.3 Å². The first kappa shape index (κ1) is 26.1. The number of pyridine rings is 1. The van der Waals surface area contributed by atoms with Crippen LogP contribution in [0.4, 0.5) is 10.1 Å². The summed E-state index contributed by atoms with van der Waals surface area (Å²) in [5.74, 6) is -1.04. The van der Waals surface area contributed by atoms with Crippen LogP contribution in [-0.2, 0) is 9.53 Å². The zero-order valence-corrected chi connectivity index (χ0v) is 21.9. The van der Waals surface area contributed by atoms with Gasteiger partial charge in [0.2, 0.25) is 5.91 Å². The van der Waals surface area contributed by atoms with E-state index in [0.29, 0.717) is 28.6 Å². The molecule has 8 nitrogen and oxygen atoms in total. The van der Waals surface area contributed by atoms with E-state index in [4.69, 9.17) is 17.0 Å². The minimum atomic E-state index is -0.444. The standard InChI is InChI=1S/C29H26FN5O3S/c1-38-28(37)21-7-2-3-9-23(21)34-17-6-10-24(34)27-26(22-8-4-5-16-31-22)33-29(39)35(27)18-15-25(36)32-20-13-11-19(30)12-14-20/h2-14,16-17,26-27H,15,18H2,1H3,(H,32,36)(H,33,39)/t26-,27+/m0/s1. The fraction of sp³-hybridized carbons (Fsp3) is 0.172. The SMILES string of the molecule is COC(=O)c1ccccc1-n1cccc1[C@@H]1[C@H](c2ccccn2)NC(=S)N1CCC(=O)Nc1ccc(F)cc1. The number of aromatic nitrogens is 2. The number of carbonyl (C=O) groups excluding carboxylic acids is 2.